The topological polar surface area (TPSA) is 25.6 Å². The van der Waals surface area contributed by atoms with E-state index in [4.69, 9.17) is 9.47 Å². The molecule has 0 N–H and O–H groups in total. The Bertz CT molecular complexity index is 1780. The third-order valence-corrected chi connectivity index (χ3v) is 9.94. The summed E-state index contributed by atoms with van der Waals surface area (Å²) in [5.74, 6) is 2.66. The quantitative estimate of drug-likeness (QED) is 0.228. The maximum Gasteiger partial charge on any atom is 0.263 e. The van der Waals surface area contributed by atoms with Crippen LogP contribution in [-0.2, 0) is 13.0 Å². The molecule has 200 valence electrons. The van der Waals surface area contributed by atoms with Gasteiger partial charge < -0.3 is 14.4 Å². The van der Waals surface area contributed by atoms with E-state index in [2.05, 4.69) is 102 Å². The van der Waals surface area contributed by atoms with Crippen LogP contribution in [-0.4, -0.2) is 13.7 Å². The van der Waals surface area contributed by atoms with Crippen LogP contribution in [0.25, 0.3) is 21.9 Å². The molecule has 4 heterocycles. The summed E-state index contributed by atoms with van der Waals surface area (Å²) in [6.45, 7) is 6.26. The highest BCUT2D eigenvalue weighted by atomic mass is 32.2. The maximum atomic E-state index is 6.34. The van der Waals surface area contributed by atoms with Gasteiger partial charge in [-0.1, -0.05) is 59.5 Å². The minimum absolute atomic E-state index is 0.836. The van der Waals surface area contributed by atoms with Crippen molar-refractivity contribution >= 4 is 50.7 Å². The number of allylic oxidation sites excluding steroid dienone is 5. The van der Waals surface area contributed by atoms with Gasteiger partial charge in [-0.05, 0) is 73.9 Å². The molecule has 6 heteroatoms. The molecule has 0 spiro atoms. The van der Waals surface area contributed by atoms with Gasteiger partial charge in [0, 0.05) is 35.1 Å². The molecule has 0 radical (unpaired) electrons. The van der Waals surface area contributed by atoms with Crippen molar-refractivity contribution in [2.45, 2.75) is 38.1 Å². The Labute approximate surface area is 243 Å². The molecule has 4 aromatic rings. The number of hydrogen-bond acceptors (Lipinski definition) is 5. The molecule has 3 aromatic carbocycles. The standard InChI is InChI=1S/C34H31N2O2S2/c1-4-35-27-18-22(2)29(37-3)21-31(27)40-32(35)16-8-12-25-19-24(26-13-5-6-14-28(26)38-25)20-33-36-17-9-11-23-10-7-15-30(39-33)34(23)36/h5-8,10,12-16,18-21H,4,9,11,17H2,1-3H3/q+1. The smallest absolute Gasteiger partial charge is 0.263 e. The zero-order valence-electron chi connectivity index (χ0n) is 22.9. The van der Waals surface area contributed by atoms with Crippen molar-refractivity contribution in [3.05, 3.63) is 111 Å². The van der Waals surface area contributed by atoms with E-state index < -0.39 is 0 Å². The van der Waals surface area contributed by atoms with Crippen molar-refractivity contribution in [1.29, 1.82) is 0 Å². The Hall–Kier alpha value is -3.74. The van der Waals surface area contributed by atoms with Crippen molar-refractivity contribution in [3.8, 4) is 11.5 Å². The summed E-state index contributed by atoms with van der Waals surface area (Å²) in [6, 6.07) is 19.4. The van der Waals surface area contributed by atoms with Gasteiger partial charge in [0.1, 0.15) is 22.0 Å². The van der Waals surface area contributed by atoms with Gasteiger partial charge in [-0.15, -0.1) is 0 Å². The maximum absolute atomic E-state index is 6.34. The highest BCUT2D eigenvalue weighted by Gasteiger charge is 2.27. The lowest BCUT2D eigenvalue weighted by molar-refractivity contribution is -0.671. The Morgan fingerprint density at radius 3 is 2.90 bits per heavy atom. The predicted octanol–water partition coefficient (Wildman–Crippen LogP) is 8.30. The SMILES string of the molecule is CCN1/C(=C/C=C/C2=CC(=C/c3sc4cccc5c4[n+]3CCC5)/c3ccccc3O2)Sc2cc(OC)c(C)cc21. The first kappa shape index (κ1) is 25.2. The Kier molecular flexibility index (Phi) is 6.53. The fourth-order valence-corrected chi connectivity index (χ4v) is 8.18. The number of benzene rings is 3. The van der Waals surface area contributed by atoms with Crippen molar-refractivity contribution < 1.29 is 14.0 Å². The first-order valence-corrected chi connectivity index (χ1v) is 15.4. The number of thioether (sulfide) groups is 1. The van der Waals surface area contributed by atoms with Gasteiger partial charge in [0.15, 0.2) is 6.54 Å². The molecule has 3 aliphatic rings. The highest BCUT2D eigenvalue weighted by molar-refractivity contribution is 8.03. The zero-order chi connectivity index (χ0) is 27.2. The second kappa shape index (κ2) is 10.3. The van der Waals surface area contributed by atoms with E-state index >= 15 is 0 Å². The highest BCUT2D eigenvalue weighted by Crippen LogP contribution is 2.48. The van der Waals surface area contributed by atoms with Crippen LogP contribution >= 0.6 is 23.1 Å². The Morgan fingerprint density at radius 1 is 1.12 bits per heavy atom. The molecule has 0 saturated carbocycles. The van der Waals surface area contributed by atoms with Crippen LogP contribution < -0.4 is 18.9 Å². The molecule has 40 heavy (non-hydrogen) atoms. The molecule has 7 rings (SSSR count). The molecule has 0 saturated heterocycles. The second-order valence-corrected chi connectivity index (χ2v) is 12.3. The first-order chi connectivity index (χ1) is 19.6. The van der Waals surface area contributed by atoms with Crippen LogP contribution in [0.3, 0.4) is 0 Å². The third kappa shape index (κ3) is 4.36. The fraction of sp³-hybridized carbons (Fsp3) is 0.206. The number of aromatic nitrogens is 1. The first-order valence-electron chi connectivity index (χ1n) is 13.8. The van der Waals surface area contributed by atoms with Crippen molar-refractivity contribution in [3.63, 3.8) is 0 Å². The van der Waals surface area contributed by atoms with Crippen LogP contribution in [0.15, 0.2) is 94.6 Å². The second-order valence-electron chi connectivity index (χ2n) is 10.2. The number of fused-ring (bicyclic) bond motifs is 2. The van der Waals surface area contributed by atoms with Gasteiger partial charge in [0.05, 0.1) is 17.8 Å². The molecule has 0 bridgehead atoms. The van der Waals surface area contributed by atoms with E-state index in [1.165, 1.54) is 48.4 Å². The van der Waals surface area contributed by atoms with Crippen molar-refractivity contribution in [1.82, 2.24) is 0 Å². The van der Waals surface area contributed by atoms with E-state index in [9.17, 15) is 0 Å². The molecule has 4 nitrogen and oxygen atoms in total. The number of hydrogen-bond donors (Lipinski definition) is 0. The van der Waals surface area contributed by atoms with E-state index in [0.717, 1.165) is 47.9 Å². The lowest BCUT2D eigenvalue weighted by atomic mass is 10.0. The van der Waals surface area contributed by atoms with E-state index in [1.807, 2.05) is 17.4 Å². The number of anilines is 1. The van der Waals surface area contributed by atoms with Crippen LogP contribution in [0.2, 0.25) is 0 Å². The average Bonchev–Trinajstić information content (AvgIpc) is 3.50. The number of rotatable bonds is 5. The van der Waals surface area contributed by atoms with Gasteiger partial charge in [0.2, 0.25) is 5.52 Å². The number of thiazole rings is 1. The summed E-state index contributed by atoms with van der Waals surface area (Å²) in [5.41, 5.74) is 7.57. The van der Waals surface area contributed by atoms with Crippen LogP contribution in [0.5, 0.6) is 11.5 Å². The summed E-state index contributed by atoms with van der Waals surface area (Å²) >= 11 is 3.66. The number of aryl methyl sites for hydroxylation is 3. The molecule has 3 aliphatic heterocycles. The number of ether oxygens (including phenoxy) is 2. The summed E-state index contributed by atoms with van der Waals surface area (Å²) in [7, 11) is 1.73. The molecule has 0 unspecified atom stereocenters. The Morgan fingerprint density at radius 2 is 2.02 bits per heavy atom. The lowest BCUT2D eigenvalue weighted by Crippen LogP contribution is -2.38. The normalized spacial score (nSPS) is 17.9. The zero-order valence-corrected chi connectivity index (χ0v) is 24.6. The van der Waals surface area contributed by atoms with Crippen LogP contribution in [0, 0.1) is 6.92 Å². The van der Waals surface area contributed by atoms with Gasteiger partial charge in [-0.2, -0.15) is 4.57 Å². The van der Waals surface area contributed by atoms with E-state index in [-0.39, 0.29) is 0 Å². The largest absolute Gasteiger partial charge is 0.496 e. The van der Waals surface area contributed by atoms with Gasteiger partial charge in [-0.3, -0.25) is 0 Å². The van der Waals surface area contributed by atoms with Crippen LogP contribution in [0.1, 0.15) is 35.0 Å². The van der Waals surface area contributed by atoms with Gasteiger partial charge in [-0.25, -0.2) is 0 Å². The molecule has 0 atom stereocenters. The van der Waals surface area contributed by atoms with Gasteiger partial charge >= 0.3 is 0 Å². The predicted molar refractivity (Wildman–Crippen MR) is 167 cm³/mol. The third-order valence-electron chi connectivity index (χ3n) is 7.73. The van der Waals surface area contributed by atoms with Gasteiger partial charge in [0.25, 0.3) is 5.01 Å². The minimum atomic E-state index is 0.836. The number of para-hydroxylation sites is 2. The summed E-state index contributed by atoms with van der Waals surface area (Å²) in [5, 5.41) is 2.49. The molecule has 0 fully saturated rings. The number of nitrogens with zero attached hydrogens (tertiary/aromatic N) is 2. The molecular formula is C34H31N2O2S2+. The average molecular weight is 564 g/mol. The van der Waals surface area contributed by atoms with Crippen LogP contribution in [0.4, 0.5) is 5.69 Å². The fourth-order valence-electron chi connectivity index (χ4n) is 5.84. The summed E-state index contributed by atoms with van der Waals surface area (Å²) < 4.78 is 15.8. The minimum Gasteiger partial charge on any atom is -0.496 e. The summed E-state index contributed by atoms with van der Waals surface area (Å²) in [6.07, 6.45) is 13.2. The molecule has 0 amide bonds. The molecular weight excluding hydrogens is 533 g/mol. The lowest BCUT2D eigenvalue weighted by Gasteiger charge is -2.19. The monoisotopic (exact) mass is 563 g/mol. The van der Waals surface area contributed by atoms with Crippen molar-refractivity contribution in [2.24, 2.45) is 0 Å². The molecule has 1 aromatic heterocycles. The Balaban J connectivity index is 1.23. The van der Waals surface area contributed by atoms with E-state index in [0.29, 0.717) is 0 Å². The van der Waals surface area contributed by atoms with Crippen molar-refractivity contribution in [2.75, 3.05) is 18.6 Å². The molecule has 0 aliphatic carbocycles. The van der Waals surface area contributed by atoms with E-state index in [1.54, 1.807) is 18.9 Å². The summed E-state index contributed by atoms with van der Waals surface area (Å²) in [4.78, 5) is 3.58. The number of methoxy groups -OCH3 is 1.